The van der Waals surface area contributed by atoms with Crippen LogP contribution in [0.5, 0.6) is 0 Å². The average Bonchev–Trinajstić information content (AvgIpc) is 2.17. The molecule has 4 N–H and O–H groups in total. The minimum atomic E-state index is -1.17. The number of hydrogen-bond donors (Lipinski definition) is 3. The number of nitrogen functional groups attached to an aromatic ring is 1. The lowest BCUT2D eigenvalue weighted by molar-refractivity contribution is -0.990. The largest absolute Gasteiger partial charge is 0.595 e. The molecule has 0 amide bonds. The monoisotopic (exact) mass is 212 g/mol. The quantitative estimate of drug-likeness (QED) is 0.367. The van der Waals surface area contributed by atoms with Gasteiger partial charge in [0.1, 0.15) is 5.69 Å². The Balaban J connectivity index is 3.09. The van der Waals surface area contributed by atoms with E-state index in [2.05, 4.69) is 0 Å². The van der Waals surface area contributed by atoms with Gasteiger partial charge in [0.2, 0.25) is 0 Å². The van der Waals surface area contributed by atoms with Crippen LogP contribution in [-0.2, 0) is 4.74 Å². The second kappa shape index (κ2) is 4.74. The fourth-order valence-electron chi connectivity index (χ4n) is 1.14. The molecule has 1 rings (SSSR count). The second-order valence-electron chi connectivity index (χ2n) is 2.79. The fraction of sp³-hybridized carbons (Fsp3) is 0.222. The number of esters is 1. The molecule has 0 spiro atoms. The molecule has 0 aliphatic rings. The number of nitrogens with two attached hydrogens (primary N) is 1. The van der Waals surface area contributed by atoms with Crippen LogP contribution in [0.2, 0.25) is 0 Å². The number of hydrogen-bond acceptors (Lipinski definition) is 5. The molecular formula is C9H12N2O4. The lowest BCUT2D eigenvalue weighted by Crippen LogP contribution is -2.99. The van der Waals surface area contributed by atoms with Gasteiger partial charge in [0.15, 0.2) is 5.69 Å². The number of carbonyl (C=O) groups excluding carboxylic acids is 1. The van der Waals surface area contributed by atoms with Gasteiger partial charge < -0.3 is 15.7 Å². The van der Waals surface area contributed by atoms with Crippen molar-refractivity contribution in [2.75, 3.05) is 12.3 Å². The number of nitrogens with one attached hydrogen (secondary N) is 1. The molecule has 0 aliphatic heterocycles. The number of para-hydroxylation sites is 1. The Bertz CT molecular complexity index is 365. The summed E-state index contributed by atoms with van der Waals surface area (Å²) in [6.07, 6.45) is 0. The summed E-state index contributed by atoms with van der Waals surface area (Å²) in [6.45, 7) is 1.88. The van der Waals surface area contributed by atoms with Crippen LogP contribution < -0.4 is 11.0 Å². The minimum Gasteiger partial charge on any atom is -0.595 e. The molecule has 0 radical (unpaired) electrons. The molecule has 1 atom stereocenters. The summed E-state index contributed by atoms with van der Waals surface area (Å²) in [5, 5.41) is 18.3. The minimum absolute atomic E-state index is 0.0662. The van der Waals surface area contributed by atoms with E-state index >= 15 is 0 Å². The molecule has 82 valence electrons. The van der Waals surface area contributed by atoms with E-state index in [9.17, 15) is 10.0 Å². The van der Waals surface area contributed by atoms with Gasteiger partial charge in [0, 0.05) is 6.07 Å². The van der Waals surface area contributed by atoms with Gasteiger partial charge in [0.25, 0.3) is 0 Å². The highest BCUT2D eigenvalue weighted by Crippen LogP contribution is 2.19. The first-order valence-electron chi connectivity index (χ1n) is 4.36. The molecule has 6 heteroatoms. The van der Waals surface area contributed by atoms with E-state index < -0.39 is 11.2 Å². The molecule has 15 heavy (non-hydrogen) atoms. The first kappa shape index (κ1) is 11.4. The molecule has 1 aromatic carbocycles. The number of quaternary nitrogens is 1. The highest BCUT2D eigenvalue weighted by molar-refractivity contribution is 5.97. The third-order valence-electron chi connectivity index (χ3n) is 1.83. The van der Waals surface area contributed by atoms with E-state index in [4.69, 9.17) is 15.7 Å². The van der Waals surface area contributed by atoms with Crippen LogP contribution in [0.3, 0.4) is 0 Å². The van der Waals surface area contributed by atoms with Gasteiger partial charge in [-0.2, -0.15) is 5.23 Å². The Morgan fingerprint density at radius 1 is 1.67 bits per heavy atom. The van der Waals surface area contributed by atoms with Gasteiger partial charge in [-0.05, 0) is 13.0 Å². The molecule has 0 heterocycles. The van der Waals surface area contributed by atoms with E-state index in [-0.39, 0.29) is 23.5 Å². The Morgan fingerprint density at radius 2 is 2.33 bits per heavy atom. The van der Waals surface area contributed by atoms with Gasteiger partial charge >= 0.3 is 5.97 Å². The topological polar surface area (TPSA) is 100 Å². The van der Waals surface area contributed by atoms with Crippen LogP contribution in [0.15, 0.2) is 18.2 Å². The molecule has 0 bridgehead atoms. The van der Waals surface area contributed by atoms with Gasteiger partial charge in [-0.15, -0.1) is 0 Å². The number of anilines is 1. The highest BCUT2D eigenvalue weighted by Gasteiger charge is 2.16. The molecule has 6 nitrogen and oxygen atoms in total. The average molecular weight is 212 g/mol. The zero-order chi connectivity index (χ0) is 11.4. The Kier molecular flexibility index (Phi) is 3.62. The molecule has 0 fully saturated rings. The summed E-state index contributed by atoms with van der Waals surface area (Å²) in [5.41, 5.74) is 5.45. The maximum Gasteiger partial charge on any atom is 0.340 e. The van der Waals surface area contributed by atoms with Crippen molar-refractivity contribution < 1.29 is 20.0 Å². The summed E-state index contributed by atoms with van der Waals surface area (Å²) in [6, 6.07) is 4.21. The maximum atomic E-state index is 11.3. The summed E-state index contributed by atoms with van der Waals surface area (Å²) < 4.78 is 4.73. The second-order valence-corrected chi connectivity index (χ2v) is 2.79. The van der Waals surface area contributed by atoms with Crippen LogP contribution in [0, 0.1) is 5.21 Å². The molecule has 0 saturated carbocycles. The predicted octanol–water partition coefficient (Wildman–Crippen LogP) is -0.151. The van der Waals surface area contributed by atoms with Crippen molar-refractivity contribution in [3.63, 3.8) is 0 Å². The van der Waals surface area contributed by atoms with Crippen molar-refractivity contribution in [1.29, 1.82) is 0 Å². The summed E-state index contributed by atoms with van der Waals surface area (Å²) in [7, 11) is 0. The summed E-state index contributed by atoms with van der Waals surface area (Å²) in [4.78, 5) is 11.3. The van der Waals surface area contributed by atoms with Crippen LogP contribution in [0.1, 0.15) is 17.3 Å². The first-order chi connectivity index (χ1) is 7.07. The fourth-order valence-corrected chi connectivity index (χ4v) is 1.14. The van der Waals surface area contributed by atoms with E-state index in [0.29, 0.717) is 0 Å². The smallest absolute Gasteiger partial charge is 0.340 e. The highest BCUT2D eigenvalue weighted by atomic mass is 16.8. The maximum absolute atomic E-state index is 11.3. The lowest BCUT2D eigenvalue weighted by Gasteiger charge is -2.15. The number of benzene rings is 1. The molecular weight excluding hydrogens is 200 g/mol. The third-order valence-corrected chi connectivity index (χ3v) is 1.83. The number of ether oxygens (including phenoxy) is 1. The van der Waals surface area contributed by atoms with Crippen molar-refractivity contribution in [3.05, 3.63) is 29.0 Å². The van der Waals surface area contributed by atoms with Crippen LogP contribution in [0.4, 0.5) is 11.4 Å². The lowest BCUT2D eigenvalue weighted by atomic mass is 10.1. The van der Waals surface area contributed by atoms with Crippen molar-refractivity contribution in [1.82, 2.24) is 0 Å². The normalized spacial score (nSPS) is 12.2. The number of carbonyl (C=O) groups is 1. The summed E-state index contributed by atoms with van der Waals surface area (Å²) in [5.74, 6) is -0.613. The molecule has 1 aromatic rings. The molecule has 0 aromatic heterocycles. The van der Waals surface area contributed by atoms with Crippen molar-refractivity contribution >= 4 is 17.3 Å². The van der Waals surface area contributed by atoms with Gasteiger partial charge in [-0.1, -0.05) is 6.07 Å². The van der Waals surface area contributed by atoms with E-state index in [1.165, 1.54) is 18.2 Å². The van der Waals surface area contributed by atoms with E-state index in [0.717, 1.165) is 0 Å². The zero-order valence-corrected chi connectivity index (χ0v) is 8.19. The van der Waals surface area contributed by atoms with Crippen molar-refractivity contribution in [2.24, 2.45) is 0 Å². The SMILES string of the molecule is CCOC(=O)c1cccc([NH+]([O-])O)c1N. The van der Waals surface area contributed by atoms with Gasteiger partial charge in [0.05, 0.1) is 12.2 Å². The third kappa shape index (κ3) is 2.44. The number of rotatable bonds is 3. The Hall–Kier alpha value is -1.63. The van der Waals surface area contributed by atoms with Crippen LogP contribution in [-0.4, -0.2) is 17.8 Å². The molecule has 0 saturated heterocycles. The van der Waals surface area contributed by atoms with Crippen molar-refractivity contribution in [2.45, 2.75) is 6.92 Å². The zero-order valence-electron chi connectivity index (χ0n) is 8.19. The Morgan fingerprint density at radius 3 is 2.87 bits per heavy atom. The van der Waals surface area contributed by atoms with Gasteiger partial charge in [-0.3, -0.25) is 0 Å². The van der Waals surface area contributed by atoms with Crippen LogP contribution in [0.25, 0.3) is 0 Å². The predicted molar refractivity (Wildman–Crippen MR) is 52.6 cm³/mol. The standard InChI is InChI=1S/C9H12N2O4/c1-2-15-9(12)6-4-3-5-7(8(6)10)11(13)14/h3-5,11,13H,2,10H2,1H3. The Labute approximate surface area is 86.4 Å². The summed E-state index contributed by atoms with van der Waals surface area (Å²) >= 11 is 0. The molecule has 0 aliphatic carbocycles. The van der Waals surface area contributed by atoms with E-state index in [1.54, 1.807) is 6.92 Å². The van der Waals surface area contributed by atoms with E-state index in [1.807, 2.05) is 0 Å². The van der Waals surface area contributed by atoms with Crippen molar-refractivity contribution in [3.8, 4) is 0 Å². The van der Waals surface area contributed by atoms with Crippen LogP contribution >= 0.6 is 0 Å². The van der Waals surface area contributed by atoms with Gasteiger partial charge in [-0.25, -0.2) is 10.0 Å². The first-order valence-corrected chi connectivity index (χ1v) is 4.36. The molecule has 1 unspecified atom stereocenters.